The van der Waals surface area contributed by atoms with Crippen LogP contribution in [0.15, 0.2) is 229 Å². The maximum Gasteiger partial charge on any atom is 0.164 e. The van der Waals surface area contributed by atoms with Crippen LogP contribution in [0.25, 0.3) is 89.5 Å². The molecule has 1 aliphatic rings. The molecule has 2 aromatic heterocycles. The molecule has 0 unspecified atom stereocenters. The molecule has 0 amide bonds. The summed E-state index contributed by atoms with van der Waals surface area (Å²) in [5.41, 5.74) is 16.1. The van der Waals surface area contributed by atoms with E-state index in [2.05, 4.69) is 164 Å². The Kier molecular flexibility index (Phi) is 8.36. The molecule has 0 bridgehead atoms. The number of fused-ring (bicyclic) bond motifs is 6. The van der Waals surface area contributed by atoms with Gasteiger partial charge in [0.2, 0.25) is 0 Å². The first-order valence-corrected chi connectivity index (χ1v) is 21.0. The average molecular weight is 792 g/mol. The Balaban J connectivity index is 1.04. The lowest BCUT2D eigenvalue weighted by Crippen LogP contribution is -2.28. The Bertz CT molecular complexity index is 3390. The minimum Gasteiger partial charge on any atom is -0.456 e. The Labute approximate surface area is 359 Å². The lowest BCUT2D eigenvalue weighted by atomic mass is 9.67. The van der Waals surface area contributed by atoms with Crippen LogP contribution in [0.5, 0.6) is 0 Å². The quantitative estimate of drug-likeness (QED) is 0.161. The molecule has 12 rings (SSSR count). The Morgan fingerprint density at radius 3 is 1.44 bits per heavy atom. The van der Waals surface area contributed by atoms with Gasteiger partial charge in [0.05, 0.1) is 5.41 Å². The van der Waals surface area contributed by atoms with Gasteiger partial charge in [-0.3, -0.25) is 0 Å². The minimum absolute atomic E-state index is 0.515. The molecule has 4 heteroatoms. The fourth-order valence-electron chi connectivity index (χ4n) is 9.60. The molecule has 9 aromatic carbocycles. The summed E-state index contributed by atoms with van der Waals surface area (Å²) in [5.74, 6) is 1.83. The van der Waals surface area contributed by atoms with Crippen LogP contribution < -0.4 is 0 Å². The molecule has 0 saturated carbocycles. The van der Waals surface area contributed by atoms with Crippen LogP contribution in [0.3, 0.4) is 0 Å². The van der Waals surface area contributed by atoms with Crippen LogP contribution in [-0.4, -0.2) is 15.0 Å². The van der Waals surface area contributed by atoms with Crippen LogP contribution >= 0.6 is 0 Å². The third-order valence-electron chi connectivity index (χ3n) is 12.4. The number of furan rings is 1. The van der Waals surface area contributed by atoms with Crippen molar-refractivity contribution in [3.63, 3.8) is 0 Å². The van der Waals surface area contributed by atoms with Crippen molar-refractivity contribution in [3.05, 3.63) is 247 Å². The second kappa shape index (κ2) is 14.5. The van der Waals surface area contributed by atoms with E-state index in [0.717, 1.165) is 49.8 Å². The topological polar surface area (TPSA) is 51.8 Å². The van der Waals surface area contributed by atoms with E-state index < -0.39 is 5.41 Å². The van der Waals surface area contributed by atoms with Gasteiger partial charge in [-0.15, -0.1) is 0 Å². The molecule has 1 aliphatic carbocycles. The summed E-state index contributed by atoms with van der Waals surface area (Å²) in [5, 5.41) is 2.09. The van der Waals surface area contributed by atoms with Gasteiger partial charge in [-0.05, 0) is 92.0 Å². The number of hydrogen-bond donors (Lipinski definition) is 0. The molecule has 0 aliphatic heterocycles. The number of rotatable bonds is 7. The van der Waals surface area contributed by atoms with Crippen molar-refractivity contribution in [1.82, 2.24) is 15.0 Å². The summed E-state index contributed by atoms with van der Waals surface area (Å²) in [6, 6.07) is 79.7. The molecule has 11 aromatic rings. The van der Waals surface area contributed by atoms with Crippen molar-refractivity contribution >= 4 is 21.9 Å². The SMILES string of the molecule is c1ccc(-c2nc(-c3ccc(-c4cc5c(cc4-c4ccccc4)-c4ccccc4C5(c4ccccc4)c4ccccc4)cc3)nc(-c3ccc4oc5ccccc5c4c3)n2)cc1. The Morgan fingerprint density at radius 1 is 0.290 bits per heavy atom. The molecule has 0 spiro atoms. The first kappa shape index (κ1) is 35.7. The lowest BCUT2D eigenvalue weighted by molar-refractivity contribution is 0.669. The second-order valence-electron chi connectivity index (χ2n) is 15.9. The monoisotopic (exact) mass is 791 g/mol. The molecular formula is C58H37N3O. The van der Waals surface area contributed by atoms with E-state index in [0.29, 0.717) is 17.5 Å². The van der Waals surface area contributed by atoms with Crippen molar-refractivity contribution in [2.24, 2.45) is 0 Å². The number of para-hydroxylation sites is 1. The van der Waals surface area contributed by atoms with E-state index in [1.54, 1.807) is 0 Å². The van der Waals surface area contributed by atoms with Crippen molar-refractivity contribution in [3.8, 4) is 67.5 Å². The minimum atomic E-state index is -0.515. The van der Waals surface area contributed by atoms with Gasteiger partial charge in [-0.1, -0.05) is 188 Å². The van der Waals surface area contributed by atoms with E-state index in [-0.39, 0.29) is 0 Å². The smallest absolute Gasteiger partial charge is 0.164 e. The van der Waals surface area contributed by atoms with Gasteiger partial charge in [-0.25, -0.2) is 15.0 Å². The van der Waals surface area contributed by atoms with E-state index in [1.165, 1.54) is 44.5 Å². The summed E-state index contributed by atoms with van der Waals surface area (Å²) in [7, 11) is 0. The maximum atomic E-state index is 6.16. The van der Waals surface area contributed by atoms with E-state index in [4.69, 9.17) is 19.4 Å². The zero-order valence-corrected chi connectivity index (χ0v) is 33.6. The molecule has 0 fully saturated rings. The summed E-state index contributed by atoms with van der Waals surface area (Å²) in [6.07, 6.45) is 0. The molecule has 62 heavy (non-hydrogen) atoms. The van der Waals surface area contributed by atoms with Crippen molar-refractivity contribution in [1.29, 1.82) is 0 Å². The zero-order chi connectivity index (χ0) is 41.0. The van der Waals surface area contributed by atoms with Gasteiger partial charge in [0, 0.05) is 27.5 Å². The predicted octanol–water partition coefficient (Wildman–Crippen LogP) is 14.5. The molecule has 4 nitrogen and oxygen atoms in total. The molecule has 0 atom stereocenters. The largest absolute Gasteiger partial charge is 0.456 e. The van der Waals surface area contributed by atoms with Crippen LogP contribution in [0.4, 0.5) is 0 Å². The first-order valence-electron chi connectivity index (χ1n) is 21.0. The number of benzene rings is 9. The molecular weight excluding hydrogens is 755 g/mol. The fourth-order valence-corrected chi connectivity index (χ4v) is 9.60. The number of nitrogens with zero attached hydrogens (tertiary/aromatic N) is 3. The van der Waals surface area contributed by atoms with Crippen LogP contribution in [0.2, 0.25) is 0 Å². The number of aromatic nitrogens is 3. The summed E-state index contributed by atoms with van der Waals surface area (Å²) in [6.45, 7) is 0. The summed E-state index contributed by atoms with van der Waals surface area (Å²) < 4.78 is 6.16. The Morgan fingerprint density at radius 2 is 0.758 bits per heavy atom. The standard InChI is InChI=1S/C58H37N3O/c1-5-17-38(18-6-1)47-36-49-45-25-13-15-27-51(45)58(43-21-9-3-10-22-43,44-23-11-4-12-24-44)52(49)37-48(47)39-29-31-41(32-30-39)56-59-55(40-19-7-2-8-20-40)60-57(61-56)42-33-34-54-50(35-42)46-26-14-16-28-53(46)62-54/h1-37H. The first-order chi connectivity index (χ1) is 30.7. The van der Waals surface area contributed by atoms with Gasteiger partial charge < -0.3 is 4.42 Å². The summed E-state index contributed by atoms with van der Waals surface area (Å²) in [4.78, 5) is 15.3. The van der Waals surface area contributed by atoms with Gasteiger partial charge in [0.15, 0.2) is 17.5 Å². The van der Waals surface area contributed by atoms with Gasteiger partial charge in [-0.2, -0.15) is 0 Å². The number of hydrogen-bond acceptors (Lipinski definition) is 4. The lowest BCUT2D eigenvalue weighted by Gasteiger charge is -2.34. The highest BCUT2D eigenvalue weighted by atomic mass is 16.3. The van der Waals surface area contributed by atoms with Crippen LogP contribution in [0, 0.1) is 0 Å². The fraction of sp³-hybridized carbons (Fsp3) is 0.0172. The van der Waals surface area contributed by atoms with E-state index in [1.807, 2.05) is 60.7 Å². The third kappa shape index (κ3) is 5.72. The molecule has 2 heterocycles. The van der Waals surface area contributed by atoms with E-state index in [9.17, 15) is 0 Å². The zero-order valence-electron chi connectivity index (χ0n) is 33.6. The highest BCUT2D eigenvalue weighted by molar-refractivity contribution is 6.06. The molecule has 0 N–H and O–H groups in total. The summed E-state index contributed by atoms with van der Waals surface area (Å²) >= 11 is 0. The van der Waals surface area contributed by atoms with Crippen LogP contribution in [0.1, 0.15) is 22.3 Å². The van der Waals surface area contributed by atoms with Gasteiger partial charge in [0.25, 0.3) is 0 Å². The second-order valence-corrected chi connectivity index (χ2v) is 15.9. The van der Waals surface area contributed by atoms with Crippen molar-refractivity contribution in [2.75, 3.05) is 0 Å². The van der Waals surface area contributed by atoms with Crippen molar-refractivity contribution in [2.45, 2.75) is 5.41 Å². The highest BCUT2D eigenvalue weighted by Crippen LogP contribution is 2.58. The predicted molar refractivity (Wildman–Crippen MR) is 252 cm³/mol. The molecule has 0 saturated heterocycles. The third-order valence-corrected chi connectivity index (χ3v) is 12.4. The Hall–Kier alpha value is -8.21. The average Bonchev–Trinajstić information content (AvgIpc) is 3.88. The molecule has 290 valence electrons. The van der Waals surface area contributed by atoms with Crippen LogP contribution in [-0.2, 0) is 5.41 Å². The maximum absolute atomic E-state index is 6.16. The van der Waals surface area contributed by atoms with Crippen molar-refractivity contribution < 1.29 is 4.42 Å². The highest BCUT2D eigenvalue weighted by Gasteiger charge is 2.46. The van der Waals surface area contributed by atoms with Gasteiger partial charge in [0.1, 0.15) is 11.2 Å². The normalized spacial score (nSPS) is 12.6. The van der Waals surface area contributed by atoms with E-state index >= 15 is 0 Å². The molecule has 0 radical (unpaired) electrons. The van der Waals surface area contributed by atoms with Gasteiger partial charge >= 0.3 is 0 Å².